The van der Waals surface area contributed by atoms with E-state index in [0.29, 0.717) is 16.6 Å². The number of rotatable bonds is 3. The summed E-state index contributed by atoms with van der Waals surface area (Å²) in [6.07, 6.45) is 0. The van der Waals surface area contributed by atoms with Crippen LogP contribution in [0, 0.1) is 0 Å². The van der Waals surface area contributed by atoms with E-state index in [0.717, 1.165) is 16.9 Å². The zero-order chi connectivity index (χ0) is 12.3. The average molecular weight is 267 g/mol. The third kappa shape index (κ3) is 3.29. The van der Waals surface area contributed by atoms with E-state index in [1.165, 1.54) is 0 Å². The van der Waals surface area contributed by atoms with Gasteiger partial charge in [0.05, 0.1) is 11.4 Å². The van der Waals surface area contributed by atoms with Crippen molar-refractivity contribution in [3.05, 3.63) is 58.1 Å². The van der Waals surface area contributed by atoms with Crippen LogP contribution in [-0.4, -0.2) is 0 Å². The smallest absolute Gasteiger partial charge is 0.0576 e. The van der Waals surface area contributed by atoms with Gasteiger partial charge in [0.15, 0.2) is 0 Å². The number of nitrogens with one attached hydrogen (secondary N) is 1. The average Bonchev–Trinajstić information content (AvgIpc) is 2.27. The van der Waals surface area contributed by atoms with Gasteiger partial charge in [-0.2, -0.15) is 0 Å². The molecule has 0 saturated carbocycles. The molecule has 2 aromatic carbocycles. The largest absolute Gasteiger partial charge is 0.397 e. The van der Waals surface area contributed by atoms with Crippen molar-refractivity contribution in [1.29, 1.82) is 0 Å². The van der Waals surface area contributed by atoms with Crippen LogP contribution < -0.4 is 11.1 Å². The molecule has 2 aromatic rings. The number of benzene rings is 2. The first-order valence-corrected chi connectivity index (χ1v) is 5.94. The van der Waals surface area contributed by atoms with Crippen molar-refractivity contribution in [3.63, 3.8) is 0 Å². The van der Waals surface area contributed by atoms with E-state index in [4.69, 9.17) is 28.9 Å². The standard InChI is InChI=1S/C13H12Cl2N2/c14-10-5-9(6-11(15)7-10)8-17-13-4-2-1-3-12(13)16/h1-7,17H,8,16H2. The summed E-state index contributed by atoms with van der Waals surface area (Å²) >= 11 is 11.9. The maximum absolute atomic E-state index is 5.93. The number of hydrogen-bond acceptors (Lipinski definition) is 2. The first-order chi connectivity index (χ1) is 8.15. The Labute approximate surface area is 110 Å². The third-order valence-corrected chi connectivity index (χ3v) is 2.80. The van der Waals surface area contributed by atoms with Crippen LogP contribution in [-0.2, 0) is 6.54 Å². The number of nitrogen functional groups attached to an aromatic ring is 1. The highest BCUT2D eigenvalue weighted by atomic mass is 35.5. The fourth-order valence-electron chi connectivity index (χ4n) is 1.57. The van der Waals surface area contributed by atoms with Crippen LogP contribution in [0.1, 0.15) is 5.56 Å². The Morgan fingerprint density at radius 2 is 1.65 bits per heavy atom. The summed E-state index contributed by atoms with van der Waals surface area (Å²) in [5.74, 6) is 0. The summed E-state index contributed by atoms with van der Waals surface area (Å²) in [6, 6.07) is 13.1. The molecule has 0 unspecified atom stereocenters. The summed E-state index contributed by atoms with van der Waals surface area (Å²) in [5, 5.41) is 4.51. The Balaban J connectivity index is 2.10. The topological polar surface area (TPSA) is 38.0 Å². The molecule has 0 heterocycles. The maximum Gasteiger partial charge on any atom is 0.0576 e. The summed E-state index contributed by atoms with van der Waals surface area (Å²) in [6.45, 7) is 0.633. The number of halogens is 2. The lowest BCUT2D eigenvalue weighted by molar-refractivity contribution is 1.15. The van der Waals surface area contributed by atoms with Gasteiger partial charge in [-0.15, -0.1) is 0 Å². The molecule has 88 valence electrons. The van der Waals surface area contributed by atoms with Crippen LogP contribution >= 0.6 is 23.2 Å². The van der Waals surface area contributed by atoms with Crippen LogP contribution in [0.15, 0.2) is 42.5 Å². The van der Waals surface area contributed by atoms with Crippen LogP contribution in [0.25, 0.3) is 0 Å². The maximum atomic E-state index is 5.93. The fraction of sp³-hybridized carbons (Fsp3) is 0.0769. The summed E-state index contributed by atoms with van der Waals surface area (Å²) in [7, 11) is 0. The van der Waals surface area contributed by atoms with Gasteiger partial charge in [-0.3, -0.25) is 0 Å². The van der Waals surface area contributed by atoms with Gasteiger partial charge in [-0.25, -0.2) is 0 Å². The molecule has 0 aromatic heterocycles. The van der Waals surface area contributed by atoms with Crippen LogP contribution in [0.5, 0.6) is 0 Å². The Morgan fingerprint density at radius 1 is 1.00 bits per heavy atom. The Hall–Kier alpha value is -1.38. The zero-order valence-corrected chi connectivity index (χ0v) is 10.6. The normalized spacial score (nSPS) is 10.2. The SMILES string of the molecule is Nc1ccccc1NCc1cc(Cl)cc(Cl)c1. The van der Waals surface area contributed by atoms with Gasteiger partial charge in [-0.05, 0) is 35.9 Å². The van der Waals surface area contributed by atoms with Crippen molar-refractivity contribution in [2.24, 2.45) is 0 Å². The van der Waals surface area contributed by atoms with Crippen molar-refractivity contribution in [2.45, 2.75) is 6.54 Å². The molecule has 0 fully saturated rings. The molecule has 3 N–H and O–H groups in total. The third-order valence-electron chi connectivity index (χ3n) is 2.37. The Morgan fingerprint density at radius 3 is 2.29 bits per heavy atom. The lowest BCUT2D eigenvalue weighted by atomic mass is 10.2. The lowest BCUT2D eigenvalue weighted by Crippen LogP contribution is -2.02. The van der Waals surface area contributed by atoms with Crippen molar-refractivity contribution >= 4 is 34.6 Å². The molecule has 0 radical (unpaired) electrons. The molecule has 0 bridgehead atoms. The van der Waals surface area contributed by atoms with Crippen LogP contribution in [0.2, 0.25) is 10.0 Å². The highest BCUT2D eigenvalue weighted by Crippen LogP contribution is 2.21. The van der Waals surface area contributed by atoms with Crippen molar-refractivity contribution in [2.75, 3.05) is 11.1 Å². The van der Waals surface area contributed by atoms with Gasteiger partial charge in [0, 0.05) is 16.6 Å². The quantitative estimate of drug-likeness (QED) is 0.818. The Bertz CT molecular complexity index is 506. The van der Waals surface area contributed by atoms with Crippen molar-refractivity contribution in [1.82, 2.24) is 0 Å². The molecule has 0 amide bonds. The molecule has 0 spiro atoms. The van der Waals surface area contributed by atoms with Crippen LogP contribution in [0.3, 0.4) is 0 Å². The minimum Gasteiger partial charge on any atom is -0.397 e. The van der Waals surface area contributed by atoms with Gasteiger partial charge in [0.2, 0.25) is 0 Å². The van der Waals surface area contributed by atoms with E-state index in [1.807, 2.05) is 36.4 Å². The number of hydrogen-bond donors (Lipinski definition) is 2. The minimum atomic E-state index is 0.633. The van der Waals surface area contributed by atoms with Gasteiger partial charge in [0.25, 0.3) is 0 Å². The van der Waals surface area contributed by atoms with Crippen molar-refractivity contribution < 1.29 is 0 Å². The number of anilines is 2. The first-order valence-electron chi connectivity index (χ1n) is 5.18. The zero-order valence-electron chi connectivity index (χ0n) is 9.08. The van der Waals surface area contributed by atoms with E-state index < -0.39 is 0 Å². The van der Waals surface area contributed by atoms with Gasteiger partial charge in [-0.1, -0.05) is 35.3 Å². The van der Waals surface area contributed by atoms with Crippen LogP contribution in [0.4, 0.5) is 11.4 Å². The highest BCUT2D eigenvalue weighted by Gasteiger charge is 2.00. The number of nitrogens with two attached hydrogens (primary N) is 1. The summed E-state index contributed by atoms with van der Waals surface area (Å²) < 4.78 is 0. The molecular weight excluding hydrogens is 255 g/mol. The van der Waals surface area contributed by atoms with E-state index in [9.17, 15) is 0 Å². The molecule has 0 atom stereocenters. The number of para-hydroxylation sites is 2. The highest BCUT2D eigenvalue weighted by molar-refractivity contribution is 6.34. The second-order valence-corrected chi connectivity index (χ2v) is 4.59. The van der Waals surface area contributed by atoms with E-state index in [2.05, 4.69) is 5.32 Å². The lowest BCUT2D eigenvalue weighted by Gasteiger charge is -2.09. The molecule has 4 heteroatoms. The molecular formula is C13H12Cl2N2. The predicted octanol–water partition coefficient (Wildman–Crippen LogP) is 4.19. The molecule has 0 aliphatic rings. The van der Waals surface area contributed by atoms with E-state index in [1.54, 1.807) is 6.07 Å². The predicted molar refractivity (Wildman–Crippen MR) is 74.6 cm³/mol. The van der Waals surface area contributed by atoms with Gasteiger partial charge >= 0.3 is 0 Å². The second kappa shape index (κ2) is 5.30. The Kier molecular flexibility index (Phi) is 3.77. The second-order valence-electron chi connectivity index (χ2n) is 3.72. The summed E-state index contributed by atoms with van der Waals surface area (Å²) in [5.41, 5.74) is 8.48. The molecule has 0 aliphatic carbocycles. The molecule has 0 saturated heterocycles. The fourth-order valence-corrected chi connectivity index (χ4v) is 2.14. The summed E-state index contributed by atoms with van der Waals surface area (Å²) in [4.78, 5) is 0. The monoisotopic (exact) mass is 266 g/mol. The minimum absolute atomic E-state index is 0.633. The molecule has 2 rings (SSSR count). The van der Waals surface area contributed by atoms with Gasteiger partial charge in [0.1, 0.15) is 0 Å². The van der Waals surface area contributed by atoms with Gasteiger partial charge < -0.3 is 11.1 Å². The molecule has 0 aliphatic heterocycles. The molecule has 2 nitrogen and oxygen atoms in total. The molecule has 17 heavy (non-hydrogen) atoms. The van der Waals surface area contributed by atoms with Crippen molar-refractivity contribution in [3.8, 4) is 0 Å². The van der Waals surface area contributed by atoms with E-state index in [-0.39, 0.29) is 0 Å². The van der Waals surface area contributed by atoms with E-state index >= 15 is 0 Å². The first kappa shape index (κ1) is 12.1.